The lowest BCUT2D eigenvalue weighted by molar-refractivity contribution is 0.413. The van der Waals surface area contributed by atoms with Gasteiger partial charge in [-0.15, -0.1) is 0 Å². The van der Waals surface area contributed by atoms with Crippen molar-refractivity contribution >= 4 is 21.4 Å². The summed E-state index contributed by atoms with van der Waals surface area (Å²) in [7, 11) is -2.13. The van der Waals surface area contributed by atoms with E-state index in [1.165, 1.54) is 0 Å². The molecular weight excluding hydrogens is 364 g/mol. The molecule has 0 aromatic heterocycles. The van der Waals surface area contributed by atoms with Crippen LogP contribution in [-0.2, 0) is 10.0 Å². The molecule has 0 saturated carbocycles. The average molecular weight is 384 g/mol. The third-order valence-electron chi connectivity index (χ3n) is 3.89. The maximum Gasteiger partial charge on any atom is 0.261 e. The Bertz CT molecular complexity index is 1030. The minimum Gasteiger partial charge on any atom is -0.497 e. The SMILES string of the molecule is COc1ccc(Oc2ccc(NS(=O)(=O)c3ccc(C)cc3)c(N)c2)cc1. The number of hydrogen-bond acceptors (Lipinski definition) is 5. The maximum atomic E-state index is 12.5. The first-order valence-electron chi connectivity index (χ1n) is 8.18. The predicted molar refractivity (Wildman–Crippen MR) is 106 cm³/mol. The molecule has 0 radical (unpaired) electrons. The van der Waals surface area contributed by atoms with Gasteiger partial charge < -0.3 is 15.2 Å². The van der Waals surface area contributed by atoms with Gasteiger partial charge in [0, 0.05) is 6.07 Å². The Morgan fingerprint density at radius 1 is 0.852 bits per heavy atom. The zero-order chi connectivity index (χ0) is 19.4. The Hall–Kier alpha value is -3.19. The Balaban J connectivity index is 1.76. The van der Waals surface area contributed by atoms with Crippen molar-refractivity contribution in [2.24, 2.45) is 0 Å². The molecular formula is C20H20N2O4S. The number of aryl methyl sites for hydroxylation is 1. The van der Waals surface area contributed by atoms with E-state index >= 15 is 0 Å². The molecule has 3 aromatic carbocycles. The van der Waals surface area contributed by atoms with Gasteiger partial charge in [0.2, 0.25) is 0 Å². The summed E-state index contributed by atoms with van der Waals surface area (Å²) < 4.78 is 38.3. The highest BCUT2D eigenvalue weighted by Gasteiger charge is 2.15. The van der Waals surface area contributed by atoms with E-state index in [1.807, 2.05) is 6.92 Å². The number of anilines is 2. The summed E-state index contributed by atoms with van der Waals surface area (Å²) in [6.45, 7) is 1.89. The van der Waals surface area contributed by atoms with Crippen molar-refractivity contribution < 1.29 is 17.9 Å². The second-order valence-electron chi connectivity index (χ2n) is 5.95. The first-order chi connectivity index (χ1) is 12.9. The third-order valence-corrected chi connectivity index (χ3v) is 5.28. The molecule has 0 fully saturated rings. The molecule has 3 rings (SSSR count). The van der Waals surface area contributed by atoms with E-state index in [-0.39, 0.29) is 16.3 Å². The van der Waals surface area contributed by atoms with Crippen LogP contribution in [0.5, 0.6) is 17.2 Å². The smallest absolute Gasteiger partial charge is 0.261 e. The van der Waals surface area contributed by atoms with Crippen LogP contribution in [-0.4, -0.2) is 15.5 Å². The predicted octanol–water partition coefficient (Wildman–Crippen LogP) is 4.18. The minimum absolute atomic E-state index is 0.172. The second-order valence-corrected chi connectivity index (χ2v) is 7.63. The Morgan fingerprint density at radius 3 is 2.04 bits per heavy atom. The highest BCUT2D eigenvalue weighted by atomic mass is 32.2. The van der Waals surface area contributed by atoms with Crippen molar-refractivity contribution in [1.82, 2.24) is 0 Å². The van der Waals surface area contributed by atoms with Crippen LogP contribution in [0, 0.1) is 6.92 Å². The molecule has 27 heavy (non-hydrogen) atoms. The number of nitrogen functional groups attached to an aromatic ring is 1. The van der Waals surface area contributed by atoms with Gasteiger partial charge in [-0.25, -0.2) is 8.42 Å². The molecule has 0 unspecified atom stereocenters. The molecule has 0 atom stereocenters. The first kappa shape index (κ1) is 18.6. The van der Waals surface area contributed by atoms with E-state index in [2.05, 4.69) is 4.72 Å². The summed E-state index contributed by atoms with van der Waals surface area (Å²) >= 11 is 0. The lowest BCUT2D eigenvalue weighted by Gasteiger charge is -2.12. The molecule has 6 nitrogen and oxygen atoms in total. The van der Waals surface area contributed by atoms with Gasteiger partial charge in [-0.2, -0.15) is 0 Å². The average Bonchev–Trinajstić information content (AvgIpc) is 2.65. The fourth-order valence-corrected chi connectivity index (χ4v) is 3.49. The second kappa shape index (κ2) is 7.59. The van der Waals surface area contributed by atoms with Crippen molar-refractivity contribution in [3.63, 3.8) is 0 Å². The maximum absolute atomic E-state index is 12.5. The van der Waals surface area contributed by atoms with Crippen LogP contribution < -0.4 is 19.9 Å². The number of nitrogens with one attached hydrogen (secondary N) is 1. The van der Waals surface area contributed by atoms with Crippen LogP contribution in [0.2, 0.25) is 0 Å². The molecule has 0 saturated heterocycles. The fourth-order valence-electron chi connectivity index (χ4n) is 2.40. The summed E-state index contributed by atoms with van der Waals surface area (Å²) in [6.07, 6.45) is 0. The molecule has 0 aliphatic rings. The number of benzene rings is 3. The van der Waals surface area contributed by atoms with E-state index in [4.69, 9.17) is 15.2 Å². The summed E-state index contributed by atoms with van der Waals surface area (Å²) in [6, 6.07) is 18.5. The third kappa shape index (κ3) is 4.51. The molecule has 3 N–H and O–H groups in total. The largest absolute Gasteiger partial charge is 0.497 e. The number of hydrogen-bond donors (Lipinski definition) is 2. The normalized spacial score (nSPS) is 11.0. The fraction of sp³-hybridized carbons (Fsp3) is 0.100. The molecule has 3 aromatic rings. The van der Waals surface area contributed by atoms with Crippen LogP contribution in [0.4, 0.5) is 11.4 Å². The van der Waals surface area contributed by atoms with Crippen LogP contribution in [0.1, 0.15) is 5.56 Å². The number of ether oxygens (including phenoxy) is 2. The molecule has 0 aliphatic heterocycles. The molecule has 7 heteroatoms. The summed E-state index contributed by atoms with van der Waals surface area (Å²) in [5.74, 6) is 1.84. The van der Waals surface area contributed by atoms with E-state index in [0.717, 1.165) is 11.3 Å². The topological polar surface area (TPSA) is 90.6 Å². The monoisotopic (exact) mass is 384 g/mol. The highest BCUT2D eigenvalue weighted by molar-refractivity contribution is 7.92. The van der Waals surface area contributed by atoms with E-state index in [9.17, 15) is 8.42 Å². The standard InChI is InChI=1S/C20H20N2O4S/c1-14-3-10-18(11-4-14)27(23,24)22-20-12-9-17(13-19(20)21)26-16-7-5-15(25-2)6-8-16/h3-13,22H,21H2,1-2H3. The summed E-state index contributed by atoms with van der Waals surface area (Å²) in [4.78, 5) is 0.172. The summed E-state index contributed by atoms with van der Waals surface area (Å²) in [5.41, 5.74) is 7.53. The van der Waals surface area contributed by atoms with Gasteiger partial charge in [0.25, 0.3) is 10.0 Å². The number of sulfonamides is 1. The van der Waals surface area contributed by atoms with Gasteiger partial charge in [0.05, 0.1) is 23.4 Å². The lowest BCUT2D eigenvalue weighted by atomic mass is 10.2. The van der Waals surface area contributed by atoms with Crippen LogP contribution >= 0.6 is 0 Å². The molecule has 0 bridgehead atoms. The number of nitrogens with two attached hydrogens (primary N) is 1. The zero-order valence-corrected chi connectivity index (χ0v) is 15.8. The molecule has 140 valence electrons. The molecule has 0 amide bonds. The molecule has 0 spiro atoms. The van der Waals surface area contributed by atoms with Gasteiger partial charge >= 0.3 is 0 Å². The van der Waals surface area contributed by atoms with Crippen molar-refractivity contribution in [3.05, 3.63) is 72.3 Å². The number of rotatable bonds is 6. The number of methoxy groups -OCH3 is 1. The van der Waals surface area contributed by atoms with E-state index in [0.29, 0.717) is 11.5 Å². The zero-order valence-electron chi connectivity index (χ0n) is 15.0. The van der Waals surface area contributed by atoms with Gasteiger partial charge in [-0.1, -0.05) is 17.7 Å². The van der Waals surface area contributed by atoms with Crippen LogP contribution in [0.15, 0.2) is 71.6 Å². The van der Waals surface area contributed by atoms with E-state index < -0.39 is 10.0 Å². The Morgan fingerprint density at radius 2 is 1.44 bits per heavy atom. The van der Waals surface area contributed by atoms with Crippen molar-refractivity contribution in [2.75, 3.05) is 17.6 Å². The highest BCUT2D eigenvalue weighted by Crippen LogP contribution is 2.30. The van der Waals surface area contributed by atoms with Crippen LogP contribution in [0.3, 0.4) is 0 Å². The van der Waals surface area contributed by atoms with Gasteiger partial charge in [0.15, 0.2) is 0 Å². The van der Waals surface area contributed by atoms with Crippen molar-refractivity contribution in [1.29, 1.82) is 0 Å². The first-order valence-corrected chi connectivity index (χ1v) is 9.66. The quantitative estimate of drug-likeness (QED) is 0.622. The Labute approximate surface area is 158 Å². The Kier molecular flexibility index (Phi) is 5.23. The van der Waals surface area contributed by atoms with Crippen LogP contribution in [0.25, 0.3) is 0 Å². The van der Waals surface area contributed by atoms with Gasteiger partial charge in [-0.3, -0.25) is 4.72 Å². The minimum atomic E-state index is -3.72. The lowest BCUT2D eigenvalue weighted by Crippen LogP contribution is -2.14. The van der Waals surface area contributed by atoms with Crippen molar-refractivity contribution in [3.8, 4) is 17.2 Å². The van der Waals surface area contributed by atoms with Gasteiger partial charge in [0.1, 0.15) is 17.2 Å². The summed E-state index contributed by atoms with van der Waals surface area (Å²) in [5, 5.41) is 0. The van der Waals surface area contributed by atoms with Crippen molar-refractivity contribution in [2.45, 2.75) is 11.8 Å². The molecule has 0 aliphatic carbocycles. The van der Waals surface area contributed by atoms with E-state index in [1.54, 1.807) is 73.8 Å². The molecule has 0 heterocycles. The van der Waals surface area contributed by atoms with Gasteiger partial charge in [-0.05, 0) is 55.5 Å².